The van der Waals surface area contributed by atoms with Gasteiger partial charge in [0.25, 0.3) is 0 Å². The molecule has 0 unspecified atom stereocenters. The molecule has 2 rings (SSSR count). The van der Waals surface area contributed by atoms with Crippen LogP contribution in [0.25, 0.3) is 0 Å². The Morgan fingerprint density at radius 3 is 2.50 bits per heavy atom. The van der Waals surface area contributed by atoms with Gasteiger partial charge in [-0.15, -0.1) is 0 Å². The fourth-order valence-electron chi connectivity index (χ4n) is 2.17. The smallest absolute Gasteiger partial charge is 0.152 e. The van der Waals surface area contributed by atoms with E-state index in [4.69, 9.17) is 5.73 Å². The van der Waals surface area contributed by atoms with Crippen molar-refractivity contribution in [2.24, 2.45) is 0 Å². The van der Waals surface area contributed by atoms with E-state index >= 15 is 0 Å². The fourth-order valence-corrected chi connectivity index (χ4v) is 2.17. The standard InChI is InChI=1S/C16H24N4/c1-10(2)13-7-6-8-14(9-13)18-16-15(17)12(5)19-20(16)11(3)4/h6-11,18H,17H2,1-5H3. The third-order valence-corrected chi connectivity index (χ3v) is 3.44. The molecule has 1 heterocycles. The SMILES string of the molecule is Cc1nn(C(C)C)c(Nc2cccc(C(C)C)c2)c1N. The van der Waals surface area contributed by atoms with Gasteiger partial charge >= 0.3 is 0 Å². The first-order valence-corrected chi connectivity index (χ1v) is 7.11. The zero-order valence-corrected chi connectivity index (χ0v) is 12.9. The average Bonchev–Trinajstić information content (AvgIpc) is 2.67. The van der Waals surface area contributed by atoms with Crippen molar-refractivity contribution in [1.82, 2.24) is 9.78 Å². The molecule has 0 fully saturated rings. The molecular weight excluding hydrogens is 248 g/mol. The molecule has 0 radical (unpaired) electrons. The Kier molecular flexibility index (Phi) is 4.02. The molecule has 0 aliphatic carbocycles. The van der Waals surface area contributed by atoms with Crippen molar-refractivity contribution in [3.8, 4) is 0 Å². The van der Waals surface area contributed by atoms with E-state index < -0.39 is 0 Å². The molecule has 0 atom stereocenters. The lowest BCUT2D eigenvalue weighted by atomic mass is 10.0. The topological polar surface area (TPSA) is 55.9 Å². The lowest BCUT2D eigenvalue weighted by Crippen LogP contribution is -2.08. The monoisotopic (exact) mass is 272 g/mol. The van der Waals surface area contributed by atoms with Crippen LogP contribution in [0.1, 0.15) is 50.9 Å². The highest BCUT2D eigenvalue weighted by molar-refractivity contribution is 5.71. The number of nitrogen functional groups attached to an aromatic ring is 1. The van der Waals surface area contributed by atoms with Gasteiger partial charge in [0.15, 0.2) is 5.82 Å². The van der Waals surface area contributed by atoms with Crippen molar-refractivity contribution in [3.63, 3.8) is 0 Å². The molecule has 0 bridgehead atoms. The number of nitrogens with one attached hydrogen (secondary N) is 1. The molecule has 2 aromatic rings. The molecule has 1 aromatic carbocycles. The van der Waals surface area contributed by atoms with Gasteiger partial charge in [0, 0.05) is 11.7 Å². The number of rotatable bonds is 4. The van der Waals surface area contributed by atoms with Crippen molar-refractivity contribution in [3.05, 3.63) is 35.5 Å². The summed E-state index contributed by atoms with van der Waals surface area (Å²) in [7, 11) is 0. The summed E-state index contributed by atoms with van der Waals surface area (Å²) < 4.78 is 1.94. The van der Waals surface area contributed by atoms with Gasteiger partial charge in [0.2, 0.25) is 0 Å². The maximum absolute atomic E-state index is 6.14. The summed E-state index contributed by atoms with van der Waals surface area (Å²) >= 11 is 0. The Labute approximate surface area is 121 Å². The van der Waals surface area contributed by atoms with Crippen molar-refractivity contribution in [1.29, 1.82) is 0 Å². The quantitative estimate of drug-likeness (QED) is 0.876. The molecule has 0 saturated carbocycles. The Hall–Kier alpha value is -1.97. The van der Waals surface area contributed by atoms with Crippen molar-refractivity contribution >= 4 is 17.2 Å². The van der Waals surface area contributed by atoms with Crippen molar-refractivity contribution in [2.45, 2.75) is 46.6 Å². The minimum absolute atomic E-state index is 0.266. The molecule has 20 heavy (non-hydrogen) atoms. The number of hydrogen-bond acceptors (Lipinski definition) is 3. The summed E-state index contributed by atoms with van der Waals surface area (Å²) in [6.07, 6.45) is 0. The van der Waals surface area contributed by atoms with Gasteiger partial charge in [-0.05, 0) is 44.4 Å². The van der Waals surface area contributed by atoms with E-state index in [1.54, 1.807) is 0 Å². The van der Waals surface area contributed by atoms with Crippen LogP contribution in [-0.2, 0) is 0 Å². The number of benzene rings is 1. The van der Waals surface area contributed by atoms with Crippen LogP contribution in [0.15, 0.2) is 24.3 Å². The van der Waals surface area contributed by atoms with Crippen LogP contribution in [0.3, 0.4) is 0 Å². The second-order valence-corrected chi connectivity index (χ2v) is 5.79. The van der Waals surface area contributed by atoms with Crippen LogP contribution >= 0.6 is 0 Å². The minimum Gasteiger partial charge on any atom is -0.394 e. The van der Waals surface area contributed by atoms with Crippen LogP contribution in [0.4, 0.5) is 17.2 Å². The van der Waals surface area contributed by atoms with Crippen LogP contribution in [-0.4, -0.2) is 9.78 Å². The zero-order valence-electron chi connectivity index (χ0n) is 12.9. The van der Waals surface area contributed by atoms with Gasteiger partial charge in [-0.1, -0.05) is 26.0 Å². The van der Waals surface area contributed by atoms with Gasteiger partial charge in [-0.2, -0.15) is 5.10 Å². The maximum atomic E-state index is 6.14. The summed E-state index contributed by atoms with van der Waals surface area (Å²) in [6.45, 7) is 10.5. The van der Waals surface area contributed by atoms with Gasteiger partial charge in [-0.25, -0.2) is 4.68 Å². The van der Waals surface area contributed by atoms with Crippen LogP contribution in [0, 0.1) is 6.92 Å². The highest BCUT2D eigenvalue weighted by Gasteiger charge is 2.15. The molecule has 0 spiro atoms. The van der Waals surface area contributed by atoms with E-state index in [0.29, 0.717) is 11.6 Å². The molecule has 0 aliphatic rings. The molecule has 3 N–H and O–H groups in total. The normalized spacial score (nSPS) is 11.3. The van der Waals surface area contributed by atoms with Crippen LogP contribution < -0.4 is 11.1 Å². The average molecular weight is 272 g/mol. The summed E-state index contributed by atoms with van der Waals surface area (Å²) in [4.78, 5) is 0. The number of aromatic nitrogens is 2. The fraction of sp³-hybridized carbons (Fsp3) is 0.438. The summed E-state index contributed by atoms with van der Waals surface area (Å²) in [5, 5.41) is 7.91. The summed E-state index contributed by atoms with van der Waals surface area (Å²) in [5.74, 6) is 1.38. The molecule has 0 aliphatic heterocycles. The Morgan fingerprint density at radius 1 is 1.20 bits per heavy atom. The molecule has 1 aromatic heterocycles. The first-order valence-electron chi connectivity index (χ1n) is 7.11. The third kappa shape index (κ3) is 2.79. The minimum atomic E-state index is 0.266. The van der Waals surface area contributed by atoms with E-state index in [0.717, 1.165) is 17.2 Å². The highest BCUT2D eigenvalue weighted by Crippen LogP contribution is 2.29. The lowest BCUT2D eigenvalue weighted by Gasteiger charge is -2.14. The molecule has 0 saturated heterocycles. The second-order valence-electron chi connectivity index (χ2n) is 5.79. The van der Waals surface area contributed by atoms with E-state index in [9.17, 15) is 0 Å². The van der Waals surface area contributed by atoms with Gasteiger partial charge in [0.05, 0.1) is 11.4 Å². The third-order valence-electron chi connectivity index (χ3n) is 3.44. The van der Waals surface area contributed by atoms with Crippen molar-refractivity contribution < 1.29 is 0 Å². The first kappa shape index (κ1) is 14.4. The molecule has 108 valence electrons. The van der Waals surface area contributed by atoms with Gasteiger partial charge < -0.3 is 11.1 Å². The number of anilines is 3. The predicted molar refractivity (Wildman–Crippen MR) is 85.6 cm³/mol. The Balaban J connectivity index is 2.37. The maximum Gasteiger partial charge on any atom is 0.152 e. The van der Waals surface area contributed by atoms with Crippen LogP contribution in [0.2, 0.25) is 0 Å². The Bertz CT molecular complexity index is 597. The summed E-state index contributed by atoms with van der Waals surface area (Å²) in [5.41, 5.74) is 10.1. The van der Waals surface area contributed by atoms with E-state index in [1.165, 1.54) is 5.56 Å². The van der Waals surface area contributed by atoms with Crippen LogP contribution in [0.5, 0.6) is 0 Å². The highest BCUT2D eigenvalue weighted by atomic mass is 15.4. The zero-order chi connectivity index (χ0) is 14.9. The number of nitrogens with zero attached hydrogens (tertiary/aromatic N) is 2. The second kappa shape index (κ2) is 5.57. The van der Waals surface area contributed by atoms with Crippen molar-refractivity contribution in [2.75, 3.05) is 11.1 Å². The number of nitrogens with two attached hydrogens (primary N) is 1. The first-order chi connectivity index (χ1) is 9.40. The largest absolute Gasteiger partial charge is 0.394 e. The molecule has 0 amide bonds. The molecule has 4 nitrogen and oxygen atoms in total. The molecule has 4 heteroatoms. The molecular formula is C16H24N4. The lowest BCUT2D eigenvalue weighted by molar-refractivity contribution is 0.536. The Morgan fingerprint density at radius 2 is 1.90 bits per heavy atom. The van der Waals surface area contributed by atoms with Gasteiger partial charge in [0.1, 0.15) is 0 Å². The predicted octanol–water partition coefficient (Wildman–Crippen LogP) is 4.22. The number of hydrogen-bond donors (Lipinski definition) is 2. The van der Waals surface area contributed by atoms with E-state index in [2.05, 4.69) is 62.4 Å². The van der Waals surface area contributed by atoms with Gasteiger partial charge in [-0.3, -0.25) is 0 Å². The van der Waals surface area contributed by atoms with E-state index in [-0.39, 0.29) is 6.04 Å². The number of aryl methyl sites for hydroxylation is 1. The summed E-state index contributed by atoms with van der Waals surface area (Å²) in [6, 6.07) is 8.69. The van der Waals surface area contributed by atoms with E-state index in [1.807, 2.05) is 11.6 Å².